The molecule has 214 valence electrons. The highest BCUT2D eigenvalue weighted by Crippen LogP contribution is 2.43. The van der Waals surface area contributed by atoms with Crippen LogP contribution in [-0.4, -0.2) is 18.2 Å². The van der Waals surface area contributed by atoms with E-state index in [1.165, 1.54) is 12.1 Å². The number of methoxy groups -OCH3 is 1. The van der Waals surface area contributed by atoms with Gasteiger partial charge in [-0.2, -0.15) is 5.26 Å². The molecule has 0 unspecified atom stereocenters. The Labute approximate surface area is 262 Å². The quantitative estimate of drug-likeness (QED) is 0.0664. The normalized spacial score (nSPS) is 11.0. The zero-order valence-corrected chi connectivity index (χ0v) is 25.8. The van der Waals surface area contributed by atoms with Gasteiger partial charge in [-0.25, -0.2) is 4.99 Å². The number of aryl methyl sites for hydroxylation is 2. The number of nitro benzene ring substituents is 1. The Balaban J connectivity index is 1.47. The van der Waals surface area contributed by atoms with Gasteiger partial charge in [0, 0.05) is 29.5 Å². The Kier molecular flexibility index (Phi) is 8.87. The Morgan fingerprint density at radius 3 is 2.19 bits per heavy atom. The van der Waals surface area contributed by atoms with E-state index in [1.54, 1.807) is 31.5 Å². The van der Waals surface area contributed by atoms with Crippen molar-refractivity contribution in [3.05, 3.63) is 126 Å². The van der Waals surface area contributed by atoms with E-state index in [2.05, 4.69) is 33.7 Å². The molecule has 1 heterocycles. The van der Waals surface area contributed by atoms with Crippen molar-refractivity contribution in [2.45, 2.75) is 20.5 Å². The number of nitriles is 1. The minimum Gasteiger partial charge on any atom is -0.493 e. The summed E-state index contributed by atoms with van der Waals surface area (Å²) in [6, 6.07) is 28.1. The van der Waals surface area contributed by atoms with Crippen molar-refractivity contribution < 1.29 is 18.8 Å². The van der Waals surface area contributed by atoms with Crippen LogP contribution >= 0.6 is 22.6 Å². The van der Waals surface area contributed by atoms with Gasteiger partial charge >= 0.3 is 0 Å². The van der Waals surface area contributed by atoms with E-state index in [0.717, 1.165) is 37.0 Å². The summed E-state index contributed by atoms with van der Waals surface area (Å²) >= 11 is 2.16. The summed E-state index contributed by atoms with van der Waals surface area (Å²) in [5.74, 6) is 1.82. The highest BCUT2D eigenvalue weighted by molar-refractivity contribution is 14.1. The van der Waals surface area contributed by atoms with Crippen molar-refractivity contribution >= 4 is 40.4 Å². The molecule has 0 bridgehead atoms. The van der Waals surface area contributed by atoms with Crippen LogP contribution in [-0.2, 0) is 6.61 Å². The Bertz CT molecular complexity index is 1850. The van der Waals surface area contributed by atoms with E-state index in [4.69, 9.17) is 13.9 Å². The monoisotopic (exact) mass is 683 g/mol. The maximum atomic E-state index is 10.9. The number of aliphatic imine (C=N–C) groups is 1. The third-order valence-electron chi connectivity index (χ3n) is 6.77. The number of non-ortho nitro benzene ring substituents is 1. The molecule has 0 aliphatic heterocycles. The van der Waals surface area contributed by atoms with Crippen LogP contribution in [0.25, 0.3) is 22.5 Å². The maximum Gasteiger partial charge on any atom is 0.269 e. The number of hydrogen-bond donors (Lipinski definition) is 0. The molecule has 8 nitrogen and oxygen atoms in total. The van der Waals surface area contributed by atoms with Gasteiger partial charge in [0.25, 0.3) is 5.69 Å². The minimum absolute atomic E-state index is 0.0210. The zero-order chi connectivity index (χ0) is 30.5. The molecule has 0 aliphatic carbocycles. The highest BCUT2D eigenvalue weighted by atomic mass is 127. The van der Waals surface area contributed by atoms with E-state index in [1.807, 2.05) is 68.4 Å². The summed E-state index contributed by atoms with van der Waals surface area (Å²) in [7, 11) is 1.55. The topological polar surface area (TPSA) is 111 Å². The molecule has 43 heavy (non-hydrogen) atoms. The zero-order valence-electron chi connectivity index (χ0n) is 23.6. The van der Waals surface area contributed by atoms with E-state index >= 15 is 0 Å². The van der Waals surface area contributed by atoms with Crippen molar-refractivity contribution in [1.82, 2.24) is 0 Å². The van der Waals surface area contributed by atoms with Gasteiger partial charge in [0.1, 0.15) is 24.0 Å². The van der Waals surface area contributed by atoms with Crippen molar-refractivity contribution in [2.24, 2.45) is 4.99 Å². The summed E-state index contributed by atoms with van der Waals surface area (Å²) in [6.45, 7) is 4.24. The third kappa shape index (κ3) is 6.60. The van der Waals surface area contributed by atoms with E-state index in [0.29, 0.717) is 28.4 Å². The summed E-state index contributed by atoms with van der Waals surface area (Å²) in [4.78, 5) is 15.1. The van der Waals surface area contributed by atoms with Crippen LogP contribution in [0.4, 0.5) is 11.6 Å². The van der Waals surface area contributed by atoms with Crippen LogP contribution in [0.1, 0.15) is 27.8 Å². The van der Waals surface area contributed by atoms with Gasteiger partial charge in [-0.15, -0.1) is 0 Å². The first-order valence-corrected chi connectivity index (χ1v) is 14.3. The second kappa shape index (κ2) is 12.9. The van der Waals surface area contributed by atoms with Gasteiger partial charge < -0.3 is 13.9 Å². The first-order valence-electron chi connectivity index (χ1n) is 13.3. The lowest BCUT2D eigenvalue weighted by Gasteiger charge is -2.13. The molecule has 5 aromatic rings. The van der Waals surface area contributed by atoms with Crippen LogP contribution in [0.15, 0.2) is 94.3 Å². The number of hydrogen-bond acceptors (Lipinski definition) is 7. The number of benzene rings is 4. The molecule has 0 saturated carbocycles. The lowest BCUT2D eigenvalue weighted by molar-refractivity contribution is -0.384. The number of nitro groups is 1. The van der Waals surface area contributed by atoms with Gasteiger partial charge in [-0.3, -0.25) is 10.1 Å². The molecular formula is C34H26IN3O5. The third-order valence-corrected chi connectivity index (χ3v) is 7.57. The standard InChI is InChI=1S/C34H26IN3O5/c1-21-4-10-25(11-5-21)31-28(18-36)34(43-32(31)26-12-6-22(2)7-13-26)37-19-24-16-29(35)33(30(17-24)41-3)42-20-23-8-14-27(15-9-23)38(39)40/h4-17,19H,20H2,1-3H3. The Hall–Kier alpha value is -4.95. The second-order valence-electron chi connectivity index (χ2n) is 9.83. The molecular weight excluding hydrogens is 657 g/mol. The molecule has 4 aromatic carbocycles. The molecule has 0 radical (unpaired) electrons. The van der Waals surface area contributed by atoms with E-state index < -0.39 is 4.92 Å². The molecule has 0 spiro atoms. The minimum atomic E-state index is -0.439. The van der Waals surface area contributed by atoms with Crippen LogP contribution in [0.5, 0.6) is 11.5 Å². The summed E-state index contributed by atoms with van der Waals surface area (Å²) in [6.07, 6.45) is 1.63. The molecule has 0 N–H and O–H groups in total. The second-order valence-corrected chi connectivity index (χ2v) is 11.0. The van der Waals surface area contributed by atoms with Gasteiger partial charge in [0.15, 0.2) is 11.5 Å². The van der Waals surface area contributed by atoms with Crippen molar-refractivity contribution in [3.63, 3.8) is 0 Å². The van der Waals surface area contributed by atoms with E-state index in [9.17, 15) is 15.4 Å². The van der Waals surface area contributed by atoms with Gasteiger partial charge in [-0.1, -0.05) is 59.7 Å². The summed E-state index contributed by atoms with van der Waals surface area (Å²) in [5, 5.41) is 21.1. The van der Waals surface area contributed by atoms with Gasteiger partial charge in [-0.05, 0) is 77.4 Å². The van der Waals surface area contributed by atoms with Crippen molar-refractivity contribution in [1.29, 1.82) is 5.26 Å². The lowest BCUT2D eigenvalue weighted by Crippen LogP contribution is -2.01. The molecule has 9 heteroatoms. The first kappa shape index (κ1) is 29.5. The lowest BCUT2D eigenvalue weighted by atomic mass is 9.97. The highest BCUT2D eigenvalue weighted by Gasteiger charge is 2.23. The fourth-order valence-corrected chi connectivity index (χ4v) is 5.26. The SMILES string of the molecule is COc1cc(C=Nc2oc(-c3ccc(C)cc3)c(-c3ccc(C)cc3)c2C#N)cc(I)c1OCc1ccc([N+](=O)[O-])cc1. The summed E-state index contributed by atoms with van der Waals surface area (Å²) < 4.78 is 18.7. The van der Waals surface area contributed by atoms with Gasteiger partial charge in [0.05, 0.1) is 15.6 Å². The molecule has 1 aromatic heterocycles. The number of furan rings is 1. The molecule has 5 rings (SSSR count). The van der Waals surface area contributed by atoms with Crippen LogP contribution in [0, 0.1) is 38.9 Å². The molecule has 0 fully saturated rings. The Morgan fingerprint density at radius 1 is 0.977 bits per heavy atom. The fourth-order valence-electron chi connectivity index (χ4n) is 4.47. The molecule has 0 saturated heterocycles. The van der Waals surface area contributed by atoms with Crippen molar-refractivity contribution in [2.75, 3.05) is 7.11 Å². The van der Waals surface area contributed by atoms with Crippen LogP contribution in [0.2, 0.25) is 0 Å². The number of rotatable bonds is 9. The average molecular weight is 684 g/mol. The predicted octanol–water partition coefficient (Wildman–Crippen LogP) is 8.95. The Morgan fingerprint density at radius 2 is 1.60 bits per heavy atom. The molecule has 0 aliphatic rings. The average Bonchev–Trinajstić information content (AvgIpc) is 3.38. The molecule has 0 amide bonds. The first-order chi connectivity index (χ1) is 20.8. The largest absolute Gasteiger partial charge is 0.493 e. The summed E-state index contributed by atoms with van der Waals surface area (Å²) in [5.41, 5.74) is 6.52. The van der Waals surface area contributed by atoms with Crippen molar-refractivity contribution in [3.8, 4) is 40.0 Å². The number of halogens is 1. The van der Waals surface area contributed by atoms with E-state index in [-0.39, 0.29) is 18.2 Å². The predicted molar refractivity (Wildman–Crippen MR) is 174 cm³/mol. The smallest absolute Gasteiger partial charge is 0.269 e. The fraction of sp³-hybridized carbons (Fsp3) is 0.118. The maximum absolute atomic E-state index is 10.9. The van der Waals surface area contributed by atoms with Gasteiger partial charge in [0.2, 0.25) is 5.88 Å². The molecule has 0 atom stereocenters. The number of ether oxygens (including phenoxy) is 2. The van der Waals surface area contributed by atoms with Crippen LogP contribution < -0.4 is 9.47 Å². The van der Waals surface area contributed by atoms with Crippen LogP contribution in [0.3, 0.4) is 0 Å². The number of nitrogens with zero attached hydrogens (tertiary/aromatic N) is 3.